The summed E-state index contributed by atoms with van der Waals surface area (Å²) < 4.78 is 14.3. The Kier molecular flexibility index (Phi) is 3.73. The van der Waals surface area contributed by atoms with E-state index in [1.54, 1.807) is 12.6 Å². The standard InChI is InChI=1S/C11H12BrN3OS/c1-8-5-10(12)4-3-9(8)6-15-7-13-14-11(15)17(2)16/h3-5,7H,6H2,1-2H3. The van der Waals surface area contributed by atoms with Crippen LogP contribution in [0.25, 0.3) is 0 Å². The number of hydrogen-bond acceptors (Lipinski definition) is 3. The second kappa shape index (κ2) is 5.10. The molecule has 1 aromatic heterocycles. The molecule has 0 saturated heterocycles. The molecule has 4 nitrogen and oxygen atoms in total. The summed E-state index contributed by atoms with van der Waals surface area (Å²) in [5, 5.41) is 8.17. The van der Waals surface area contributed by atoms with Crippen LogP contribution in [-0.4, -0.2) is 25.2 Å². The predicted octanol–water partition coefficient (Wildman–Crippen LogP) is 2.13. The molecule has 0 aliphatic carbocycles. The number of halogens is 1. The summed E-state index contributed by atoms with van der Waals surface area (Å²) in [4.78, 5) is 0. The van der Waals surface area contributed by atoms with E-state index < -0.39 is 10.8 Å². The molecule has 1 atom stereocenters. The van der Waals surface area contributed by atoms with Gasteiger partial charge in [0.2, 0.25) is 5.16 Å². The van der Waals surface area contributed by atoms with E-state index in [2.05, 4.69) is 32.2 Å². The zero-order valence-electron chi connectivity index (χ0n) is 9.55. The maximum atomic E-state index is 11.4. The Labute approximate surface area is 111 Å². The van der Waals surface area contributed by atoms with Crippen molar-refractivity contribution in [3.63, 3.8) is 0 Å². The third-order valence-electron chi connectivity index (χ3n) is 2.48. The Morgan fingerprint density at radius 2 is 2.24 bits per heavy atom. The van der Waals surface area contributed by atoms with Crippen molar-refractivity contribution >= 4 is 26.7 Å². The molecule has 1 aromatic carbocycles. The fourth-order valence-corrected chi connectivity index (χ4v) is 2.68. The summed E-state index contributed by atoms with van der Waals surface area (Å²) in [6.07, 6.45) is 3.22. The SMILES string of the molecule is Cc1cc(Br)ccc1Cn1cnnc1S(C)=O. The molecular formula is C11H12BrN3OS. The van der Waals surface area contributed by atoms with Gasteiger partial charge in [-0.1, -0.05) is 22.0 Å². The molecule has 1 heterocycles. The van der Waals surface area contributed by atoms with E-state index >= 15 is 0 Å². The zero-order valence-corrected chi connectivity index (χ0v) is 12.0. The number of aryl methyl sites for hydroxylation is 1. The average Bonchev–Trinajstić information content (AvgIpc) is 2.70. The van der Waals surface area contributed by atoms with Gasteiger partial charge < -0.3 is 4.57 Å². The highest BCUT2D eigenvalue weighted by molar-refractivity contribution is 9.10. The van der Waals surface area contributed by atoms with Crippen LogP contribution in [0.1, 0.15) is 11.1 Å². The van der Waals surface area contributed by atoms with E-state index in [9.17, 15) is 4.21 Å². The van der Waals surface area contributed by atoms with Crippen LogP contribution in [0.15, 0.2) is 34.2 Å². The highest BCUT2D eigenvalue weighted by Crippen LogP contribution is 2.17. The molecule has 6 heteroatoms. The first kappa shape index (κ1) is 12.4. The third kappa shape index (κ3) is 2.81. The lowest BCUT2D eigenvalue weighted by molar-refractivity contribution is 0.652. The molecule has 2 aromatic rings. The molecule has 0 radical (unpaired) electrons. The molecule has 0 fully saturated rings. The molecule has 1 unspecified atom stereocenters. The molecule has 2 rings (SSSR count). The number of benzene rings is 1. The van der Waals surface area contributed by atoms with Gasteiger partial charge in [-0.3, -0.25) is 4.21 Å². The van der Waals surface area contributed by atoms with Crippen molar-refractivity contribution in [2.75, 3.05) is 6.26 Å². The first-order valence-corrected chi connectivity index (χ1v) is 7.39. The van der Waals surface area contributed by atoms with E-state index in [0.29, 0.717) is 11.7 Å². The highest BCUT2D eigenvalue weighted by Gasteiger charge is 2.09. The van der Waals surface area contributed by atoms with E-state index in [4.69, 9.17) is 0 Å². The van der Waals surface area contributed by atoms with Crippen molar-refractivity contribution in [3.8, 4) is 0 Å². The number of nitrogens with zero attached hydrogens (tertiary/aromatic N) is 3. The van der Waals surface area contributed by atoms with E-state index in [1.807, 2.05) is 23.6 Å². The molecular weight excluding hydrogens is 302 g/mol. The average molecular weight is 314 g/mol. The molecule has 0 saturated carbocycles. The molecule has 0 N–H and O–H groups in total. The molecule has 90 valence electrons. The van der Waals surface area contributed by atoms with Crippen molar-refractivity contribution in [2.24, 2.45) is 0 Å². The van der Waals surface area contributed by atoms with Crippen molar-refractivity contribution in [1.29, 1.82) is 0 Å². The lowest BCUT2D eigenvalue weighted by Crippen LogP contribution is -2.06. The quantitative estimate of drug-likeness (QED) is 0.872. The first-order valence-electron chi connectivity index (χ1n) is 5.04. The summed E-state index contributed by atoms with van der Waals surface area (Å²) in [7, 11) is -1.11. The minimum atomic E-state index is -1.11. The van der Waals surface area contributed by atoms with Crippen LogP contribution in [0.4, 0.5) is 0 Å². The van der Waals surface area contributed by atoms with E-state index in [0.717, 1.165) is 4.47 Å². The Morgan fingerprint density at radius 3 is 2.88 bits per heavy atom. The molecule has 0 bridgehead atoms. The Balaban J connectivity index is 2.31. The van der Waals surface area contributed by atoms with Crippen molar-refractivity contribution in [3.05, 3.63) is 40.1 Å². The molecule has 17 heavy (non-hydrogen) atoms. The summed E-state index contributed by atoms with van der Waals surface area (Å²) in [6.45, 7) is 2.69. The maximum Gasteiger partial charge on any atom is 0.221 e. The van der Waals surface area contributed by atoms with Gasteiger partial charge in [0.1, 0.15) is 6.33 Å². The summed E-state index contributed by atoms with van der Waals surface area (Å²) >= 11 is 3.43. The van der Waals surface area contributed by atoms with Gasteiger partial charge in [-0.15, -0.1) is 10.2 Å². The molecule has 0 aliphatic heterocycles. The zero-order chi connectivity index (χ0) is 12.4. The topological polar surface area (TPSA) is 47.8 Å². The van der Waals surface area contributed by atoms with Gasteiger partial charge in [-0.05, 0) is 30.2 Å². The number of hydrogen-bond donors (Lipinski definition) is 0. The van der Waals surface area contributed by atoms with Crippen molar-refractivity contribution in [2.45, 2.75) is 18.6 Å². The van der Waals surface area contributed by atoms with Crippen LogP contribution in [0.3, 0.4) is 0 Å². The smallest absolute Gasteiger partial charge is 0.221 e. The van der Waals surface area contributed by atoms with Crippen LogP contribution in [0.5, 0.6) is 0 Å². The Hall–Kier alpha value is -1.01. The second-order valence-corrected chi connectivity index (χ2v) is 5.96. The van der Waals surface area contributed by atoms with Gasteiger partial charge in [0, 0.05) is 10.7 Å². The minimum absolute atomic E-state index is 0.507. The van der Waals surface area contributed by atoms with Gasteiger partial charge in [-0.25, -0.2) is 0 Å². The normalized spacial score (nSPS) is 12.6. The van der Waals surface area contributed by atoms with Crippen molar-refractivity contribution in [1.82, 2.24) is 14.8 Å². The maximum absolute atomic E-state index is 11.4. The third-order valence-corrected chi connectivity index (χ3v) is 3.81. The van der Waals surface area contributed by atoms with E-state index in [-0.39, 0.29) is 0 Å². The monoisotopic (exact) mass is 313 g/mol. The summed E-state index contributed by atoms with van der Waals surface area (Å²) in [5.74, 6) is 0. The van der Waals surface area contributed by atoms with Crippen LogP contribution < -0.4 is 0 Å². The lowest BCUT2D eigenvalue weighted by Gasteiger charge is -2.08. The van der Waals surface area contributed by atoms with Crippen LogP contribution in [-0.2, 0) is 17.3 Å². The Bertz CT molecular complexity index is 568. The van der Waals surface area contributed by atoms with Crippen LogP contribution in [0.2, 0.25) is 0 Å². The van der Waals surface area contributed by atoms with Crippen LogP contribution in [0, 0.1) is 6.92 Å². The molecule has 0 aliphatic rings. The lowest BCUT2D eigenvalue weighted by atomic mass is 10.1. The second-order valence-electron chi connectivity index (χ2n) is 3.77. The minimum Gasteiger partial charge on any atom is -0.302 e. The fourth-order valence-electron chi connectivity index (χ4n) is 1.60. The summed E-state index contributed by atoms with van der Waals surface area (Å²) in [5.41, 5.74) is 2.35. The first-order chi connectivity index (χ1) is 8.08. The largest absolute Gasteiger partial charge is 0.302 e. The fraction of sp³-hybridized carbons (Fsp3) is 0.273. The Morgan fingerprint density at radius 1 is 1.47 bits per heavy atom. The van der Waals surface area contributed by atoms with Crippen molar-refractivity contribution < 1.29 is 4.21 Å². The molecule has 0 amide bonds. The highest BCUT2D eigenvalue weighted by atomic mass is 79.9. The van der Waals surface area contributed by atoms with E-state index in [1.165, 1.54) is 11.1 Å². The van der Waals surface area contributed by atoms with Crippen LogP contribution >= 0.6 is 15.9 Å². The van der Waals surface area contributed by atoms with Gasteiger partial charge in [0.15, 0.2) is 0 Å². The van der Waals surface area contributed by atoms with Gasteiger partial charge in [-0.2, -0.15) is 0 Å². The number of rotatable bonds is 3. The molecule has 0 spiro atoms. The van der Waals surface area contributed by atoms with Gasteiger partial charge >= 0.3 is 0 Å². The van der Waals surface area contributed by atoms with Gasteiger partial charge in [0.25, 0.3) is 0 Å². The predicted molar refractivity (Wildman–Crippen MR) is 70.3 cm³/mol. The summed E-state index contributed by atoms with van der Waals surface area (Å²) in [6, 6.07) is 6.10. The van der Waals surface area contributed by atoms with Gasteiger partial charge in [0.05, 0.1) is 17.3 Å². The number of aromatic nitrogens is 3.